The number of pyridine rings is 1. The van der Waals surface area contributed by atoms with Crippen molar-refractivity contribution < 1.29 is 9.53 Å². The number of nitrogens with two attached hydrogens (primary N) is 1. The van der Waals surface area contributed by atoms with Crippen LogP contribution >= 0.6 is 0 Å². The Labute approximate surface area is 156 Å². The normalized spacial score (nSPS) is 10.9. The summed E-state index contributed by atoms with van der Waals surface area (Å²) in [6, 6.07) is 15.0. The molecule has 2 aromatic carbocycles. The minimum Gasteiger partial charge on any atom is -0.457 e. The van der Waals surface area contributed by atoms with Gasteiger partial charge in [-0.15, -0.1) is 0 Å². The molecule has 0 aliphatic heterocycles. The minimum atomic E-state index is -0.436. The van der Waals surface area contributed by atoms with Gasteiger partial charge in [0.2, 0.25) is 5.91 Å². The molecule has 1 amide bonds. The molecule has 134 valence electrons. The zero-order chi connectivity index (χ0) is 19.0. The van der Waals surface area contributed by atoms with Gasteiger partial charge in [0.05, 0.1) is 17.4 Å². The highest BCUT2D eigenvalue weighted by Gasteiger charge is 2.09. The van der Waals surface area contributed by atoms with Crippen molar-refractivity contribution >= 4 is 16.8 Å². The third-order valence-corrected chi connectivity index (χ3v) is 4.48. The molecular weight excluding hydrogens is 340 g/mol. The van der Waals surface area contributed by atoms with Crippen LogP contribution in [0.15, 0.2) is 60.9 Å². The first kappa shape index (κ1) is 16.8. The molecule has 2 N–H and O–H groups in total. The smallest absolute Gasteiger partial charge is 0.248 e. The largest absolute Gasteiger partial charge is 0.457 e. The van der Waals surface area contributed by atoms with E-state index >= 15 is 0 Å². The third kappa shape index (κ3) is 3.25. The van der Waals surface area contributed by atoms with Crippen LogP contribution in [0.3, 0.4) is 0 Å². The second-order valence-corrected chi connectivity index (χ2v) is 6.36. The summed E-state index contributed by atoms with van der Waals surface area (Å²) >= 11 is 0. The van der Waals surface area contributed by atoms with Crippen LogP contribution in [0.1, 0.15) is 15.9 Å². The average molecular weight is 358 g/mol. The Morgan fingerprint density at radius 3 is 2.67 bits per heavy atom. The van der Waals surface area contributed by atoms with Crippen molar-refractivity contribution in [3.05, 3.63) is 72.1 Å². The first-order valence-corrected chi connectivity index (χ1v) is 8.48. The number of rotatable bonds is 4. The van der Waals surface area contributed by atoms with Gasteiger partial charge in [-0.2, -0.15) is 5.10 Å². The van der Waals surface area contributed by atoms with Crippen LogP contribution in [0, 0.1) is 6.92 Å². The number of primary amides is 1. The molecule has 4 aromatic rings. The molecule has 0 aliphatic rings. The summed E-state index contributed by atoms with van der Waals surface area (Å²) in [5, 5.41) is 5.30. The standard InChI is InChI=1S/C21H18N4O2/c1-13-9-14(4-6-18(13)21(22)26)19-10-17(7-8-23-19)27-16-5-3-15-12-24-25(2)20(15)11-16/h3-12H,1-2H3,(H2,22,26). The van der Waals surface area contributed by atoms with E-state index < -0.39 is 5.91 Å². The summed E-state index contributed by atoms with van der Waals surface area (Å²) in [4.78, 5) is 15.8. The average Bonchev–Trinajstić information content (AvgIpc) is 3.02. The Bertz CT molecular complexity index is 1160. The van der Waals surface area contributed by atoms with E-state index in [1.807, 2.05) is 67.3 Å². The predicted octanol–water partition coefficient (Wildman–Crippen LogP) is 3.83. The number of nitrogens with zero attached hydrogens (tertiary/aromatic N) is 3. The zero-order valence-electron chi connectivity index (χ0n) is 15.0. The van der Waals surface area contributed by atoms with Crippen LogP contribution < -0.4 is 10.5 Å². The van der Waals surface area contributed by atoms with Crippen molar-refractivity contribution in [2.75, 3.05) is 0 Å². The third-order valence-electron chi connectivity index (χ3n) is 4.48. The number of fused-ring (bicyclic) bond motifs is 1. The van der Waals surface area contributed by atoms with Gasteiger partial charge < -0.3 is 10.5 Å². The fourth-order valence-corrected chi connectivity index (χ4v) is 3.06. The monoisotopic (exact) mass is 358 g/mol. The Kier molecular flexibility index (Phi) is 4.08. The maximum absolute atomic E-state index is 11.4. The Morgan fingerprint density at radius 2 is 1.89 bits per heavy atom. The number of aromatic nitrogens is 3. The maximum atomic E-state index is 11.4. The van der Waals surface area contributed by atoms with Crippen molar-refractivity contribution in [1.29, 1.82) is 0 Å². The van der Waals surface area contributed by atoms with Gasteiger partial charge in [-0.1, -0.05) is 6.07 Å². The molecule has 0 spiro atoms. The molecule has 0 fully saturated rings. The topological polar surface area (TPSA) is 83.0 Å². The van der Waals surface area contributed by atoms with Gasteiger partial charge in [-0.05, 0) is 42.8 Å². The van der Waals surface area contributed by atoms with Crippen molar-refractivity contribution in [3.63, 3.8) is 0 Å². The van der Waals surface area contributed by atoms with E-state index in [0.29, 0.717) is 11.3 Å². The van der Waals surface area contributed by atoms with E-state index in [1.54, 1.807) is 12.3 Å². The number of amides is 1. The lowest BCUT2D eigenvalue weighted by Gasteiger charge is -2.09. The van der Waals surface area contributed by atoms with Crippen LogP contribution in [0.25, 0.3) is 22.2 Å². The molecule has 0 radical (unpaired) electrons. The molecule has 27 heavy (non-hydrogen) atoms. The van der Waals surface area contributed by atoms with Gasteiger partial charge in [-0.25, -0.2) is 0 Å². The van der Waals surface area contributed by atoms with Crippen molar-refractivity contribution in [1.82, 2.24) is 14.8 Å². The summed E-state index contributed by atoms with van der Waals surface area (Å²) in [6.45, 7) is 1.85. The van der Waals surface area contributed by atoms with E-state index in [1.165, 1.54) is 0 Å². The number of aryl methyl sites for hydroxylation is 2. The number of carbonyl (C=O) groups excluding carboxylic acids is 1. The molecule has 0 atom stereocenters. The highest BCUT2D eigenvalue weighted by molar-refractivity contribution is 5.94. The number of hydrogen-bond donors (Lipinski definition) is 1. The molecular formula is C21H18N4O2. The molecule has 0 unspecified atom stereocenters. The zero-order valence-corrected chi connectivity index (χ0v) is 15.0. The van der Waals surface area contributed by atoms with Crippen molar-refractivity contribution in [3.8, 4) is 22.8 Å². The lowest BCUT2D eigenvalue weighted by molar-refractivity contribution is 0.0999. The fourth-order valence-electron chi connectivity index (χ4n) is 3.06. The first-order chi connectivity index (χ1) is 13.0. The molecule has 6 heteroatoms. The molecule has 6 nitrogen and oxygen atoms in total. The summed E-state index contributed by atoms with van der Waals surface area (Å²) in [5.41, 5.74) is 9.35. The predicted molar refractivity (Wildman–Crippen MR) is 104 cm³/mol. The van der Waals surface area contributed by atoms with Crippen LogP contribution in [-0.4, -0.2) is 20.7 Å². The SMILES string of the molecule is Cc1cc(-c2cc(Oc3ccc4cnn(C)c4c3)ccn2)ccc1C(N)=O. The van der Waals surface area contributed by atoms with Crippen LogP contribution in [-0.2, 0) is 7.05 Å². The highest BCUT2D eigenvalue weighted by atomic mass is 16.5. The lowest BCUT2D eigenvalue weighted by atomic mass is 10.0. The van der Waals surface area contributed by atoms with Gasteiger partial charge >= 0.3 is 0 Å². The number of hydrogen-bond acceptors (Lipinski definition) is 4. The molecule has 2 heterocycles. The first-order valence-electron chi connectivity index (χ1n) is 8.48. The molecule has 2 aromatic heterocycles. The molecule has 0 aliphatic carbocycles. The number of ether oxygens (including phenoxy) is 1. The summed E-state index contributed by atoms with van der Waals surface area (Å²) in [5.74, 6) is 0.969. The summed E-state index contributed by atoms with van der Waals surface area (Å²) in [6.07, 6.45) is 3.52. The van der Waals surface area contributed by atoms with E-state index in [4.69, 9.17) is 10.5 Å². The van der Waals surface area contributed by atoms with Gasteiger partial charge in [0, 0.05) is 41.9 Å². The summed E-state index contributed by atoms with van der Waals surface area (Å²) < 4.78 is 7.82. The van der Waals surface area contributed by atoms with E-state index in [-0.39, 0.29) is 0 Å². The van der Waals surface area contributed by atoms with E-state index in [0.717, 1.165) is 33.5 Å². The van der Waals surface area contributed by atoms with Crippen LogP contribution in [0.4, 0.5) is 0 Å². The van der Waals surface area contributed by atoms with Crippen LogP contribution in [0.2, 0.25) is 0 Å². The maximum Gasteiger partial charge on any atom is 0.248 e. The lowest BCUT2D eigenvalue weighted by Crippen LogP contribution is -2.12. The quantitative estimate of drug-likeness (QED) is 0.601. The van der Waals surface area contributed by atoms with E-state index in [9.17, 15) is 4.79 Å². The number of carbonyl (C=O) groups is 1. The highest BCUT2D eigenvalue weighted by Crippen LogP contribution is 2.28. The van der Waals surface area contributed by atoms with Crippen LogP contribution in [0.5, 0.6) is 11.5 Å². The Morgan fingerprint density at radius 1 is 1.07 bits per heavy atom. The number of benzene rings is 2. The van der Waals surface area contributed by atoms with Gasteiger partial charge in [0.1, 0.15) is 11.5 Å². The molecule has 0 saturated carbocycles. The Hall–Kier alpha value is -3.67. The van der Waals surface area contributed by atoms with E-state index in [2.05, 4.69) is 10.1 Å². The van der Waals surface area contributed by atoms with Crippen molar-refractivity contribution in [2.45, 2.75) is 6.92 Å². The minimum absolute atomic E-state index is 0.436. The van der Waals surface area contributed by atoms with Gasteiger partial charge in [0.25, 0.3) is 0 Å². The summed E-state index contributed by atoms with van der Waals surface area (Å²) in [7, 11) is 1.90. The van der Waals surface area contributed by atoms with Gasteiger partial charge in [0.15, 0.2) is 0 Å². The second kappa shape index (κ2) is 6.57. The molecule has 4 rings (SSSR count). The van der Waals surface area contributed by atoms with Crippen molar-refractivity contribution in [2.24, 2.45) is 12.8 Å². The van der Waals surface area contributed by atoms with Gasteiger partial charge in [-0.3, -0.25) is 14.5 Å². The molecule has 0 saturated heterocycles. The fraction of sp³-hybridized carbons (Fsp3) is 0.0952. The Balaban J connectivity index is 1.64. The molecule has 0 bridgehead atoms. The second-order valence-electron chi connectivity index (χ2n) is 6.36.